The second kappa shape index (κ2) is 7.85. The molecule has 4 heteroatoms. The Hall–Kier alpha value is -1.00. The minimum absolute atomic E-state index is 0.0314. The molecule has 1 saturated heterocycles. The first-order chi connectivity index (χ1) is 10.1. The predicted octanol–water partition coefficient (Wildman–Crippen LogP) is 2.57. The van der Waals surface area contributed by atoms with Crippen LogP contribution in [0.3, 0.4) is 0 Å². The van der Waals surface area contributed by atoms with Gasteiger partial charge in [-0.3, -0.25) is 4.79 Å². The minimum Gasteiger partial charge on any atom is -0.355 e. The first kappa shape index (κ1) is 16.4. The lowest BCUT2D eigenvalue weighted by molar-refractivity contribution is -0.118. The lowest BCUT2D eigenvalue weighted by atomic mass is 9.85. The highest BCUT2D eigenvalue weighted by Crippen LogP contribution is 2.22. The van der Waals surface area contributed by atoms with E-state index in [1.165, 1.54) is 18.4 Å². The van der Waals surface area contributed by atoms with Gasteiger partial charge in [0.2, 0.25) is 5.91 Å². The zero-order chi connectivity index (χ0) is 15.1. The van der Waals surface area contributed by atoms with Gasteiger partial charge in [0.1, 0.15) is 0 Å². The fraction of sp³-hybridized carbons (Fsp3) is 0.588. The smallest absolute Gasteiger partial charge is 0.230 e. The van der Waals surface area contributed by atoms with Gasteiger partial charge in [-0.05, 0) is 31.5 Å². The van der Waals surface area contributed by atoms with Gasteiger partial charge in [0.25, 0.3) is 0 Å². The first-order valence-corrected chi connectivity index (χ1v) is 8.77. The van der Waals surface area contributed by atoms with E-state index in [2.05, 4.69) is 36.6 Å². The fourth-order valence-electron chi connectivity index (χ4n) is 2.52. The van der Waals surface area contributed by atoms with Crippen molar-refractivity contribution in [3.63, 3.8) is 0 Å². The molecular formula is C17H26N2OS. The van der Waals surface area contributed by atoms with Gasteiger partial charge < -0.3 is 10.6 Å². The van der Waals surface area contributed by atoms with Crippen LogP contribution in [-0.4, -0.2) is 36.5 Å². The number of benzene rings is 1. The number of rotatable bonds is 6. The summed E-state index contributed by atoms with van der Waals surface area (Å²) >= 11 is 1.80. The monoisotopic (exact) mass is 306 g/mol. The van der Waals surface area contributed by atoms with E-state index >= 15 is 0 Å². The summed E-state index contributed by atoms with van der Waals surface area (Å²) in [7, 11) is 0. The molecule has 1 aromatic carbocycles. The molecule has 21 heavy (non-hydrogen) atoms. The molecule has 1 fully saturated rings. The van der Waals surface area contributed by atoms with Crippen LogP contribution < -0.4 is 10.6 Å². The molecule has 0 spiro atoms. The van der Waals surface area contributed by atoms with Crippen molar-refractivity contribution >= 4 is 17.7 Å². The van der Waals surface area contributed by atoms with Crippen LogP contribution in [0.2, 0.25) is 0 Å². The summed E-state index contributed by atoms with van der Waals surface area (Å²) in [5, 5.41) is 7.08. The molecule has 0 unspecified atom stereocenters. The Bertz CT molecular complexity index is 441. The third-order valence-electron chi connectivity index (χ3n) is 4.02. The molecule has 0 bridgehead atoms. The van der Waals surface area contributed by atoms with Gasteiger partial charge in [-0.25, -0.2) is 0 Å². The fourth-order valence-corrected chi connectivity index (χ4v) is 3.58. The van der Waals surface area contributed by atoms with Crippen LogP contribution in [-0.2, 0) is 10.2 Å². The molecule has 1 aliphatic rings. The Labute approximate surface area is 132 Å². The van der Waals surface area contributed by atoms with E-state index in [0.717, 1.165) is 13.1 Å². The largest absolute Gasteiger partial charge is 0.355 e. The van der Waals surface area contributed by atoms with Gasteiger partial charge in [-0.15, -0.1) is 11.8 Å². The molecule has 116 valence electrons. The molecule has 1 heterocycles. The Kier molecular flexibility index (Phi) is 6.12. The molecule has 0 aliphatic carbocycles. The van der Waals surface area contributed by atoms with E-state index in [9.17, 15) is 4.79 Å². The quantitative estimate of drug-likeness (QED) is 0.849. The number of amides is 1. The molecule has 1 amide bonds. The van der Waals surface area contributed by atoms with E-state index in [0.29, 0.717) is 17.5 Å². The third kappa shape index (κ3) is 5.36. The Balaban J connectivity index is 1.73. The van der Waals surface area contributed by atoms with Crippen LogP contribution in [0.15, 0.2) is 30.3 Å². The van der Waals surface area contributed by atoms with Crippen molar-refractivity contribution in [2.45, 2.75) is 37.4 Å². The first-order valence-electron chi connectivity index (χ1n) is 7.72. The zero-order valence-corrected chi connectivity index (χ0v) is 13.8. The maximum absolute atomic E-state index is 12.0. The lowest BCUT2D eigenvalue weighted by Crippen LogP contribution is -2.38. The number of hydrogen-bond acceptors (Lipinski definition) is 3. The van der Waals surface area contributed by atoms with Gasteiger partial charge in [0.15, 0.2) is 0 Å². The second-order valence-electron chi connectivity index (χ2n) is 6.29. The van der Waals surface area contributed by atoms with Crippen molar-refractivity contribution in [3.8, 4) is 0 Å². The second-order valence-corrected chi connectivity index (χ2v) is 7.58. The van der Waals surface area contributed by atoms with Crippen molar-refractivity contribution in [3.05, 3.63) is 35.9 Å². The highest BCUT2D eigenvalue weighted by atomic mass is 32.2. The van der Waals surface area contributed by atoms with E-state index < -0.39 is 0 Å². The van der Waals surface area contributed by atoms with Crippen LogP contribution in [0.4, 0.5) is 0 Å². The van der Waals surface area contributed by atoms with Gasteiger partial charge in [-0.2, -0.15) is 0 Å². The average molecular weight is 306 g/mol. The molecule has 2 rings (SSSR count). The Morgan fingerprint density at radius 1 is 1.29 bits per heavy atom. The molecule has 0 radical (unpaired) electrons. The van der Waals surface area contributed by atoms with Crippen molar-refractivity contribution < 1.29 is 4.79 Å². The number of thioether (sulfide) groups is 1. The summed E-state index contributed by atoms with van der Waals surface area (Å²) in [5.41, 5.74) is 1.23. The van der Waals surface area contributed by atoms with Crippen molar-refractivity contribution in [1.82, 2.24) is 10.6 Å². The van der Waals surface area contributed by atoms with Crippen LogP contribution in [0.1, 0.15) is 32.3 Å². The van der Waals surface area contributed by atoms with E-state index in [1.54, 1.807) is 11.8 Å². The molecule has 0 aromatic heterocycles. The van der Waals surface area contributed by atoms with E-state index in [1.807, 2.05) is 18.2 Å². The summed E-state index contributed by atoms with van der Waals surface area (Å²) < 4.78 is 0. The van der Waals surface area contributed by atoms with Gasteiger partial charge >= 0.3 is 0 Å². The summed E-state index contributed by atoms with van der Waals surface area (Å²) in [5.74, 6) is 0.734. The van der Waals surface area contributed by atoms with Crippen molar-refractivity contribution in [2.24, 2.45) is 0 Å². The molecule has 2 N–H and O–H groups in total. The SMILES string of the molecule is CC(C)(CNC(=O)CSC1CCNCC1)c1ccccc1. The Morgan fingerprint density at radius 3 is 2.62 bits per heavy atom. The van der Waals surface area contributed by atoms with Crippen molar-refractivity contribution in [1.29, 1.82) is 0 Å². The molecule has 0 atom stereocenters. The van der Waals surface area contributed by atoms with Crippen LogP contribution >= 0.6 is 11.8 Å². The minimum atomic E-state index is -0.0314. The van der Waals surface area contributed by atoms with E-state index in [-0.39, 0.29) is 11.3 Å². The predicted molar refractivity (Wildman–Crippen MR) is 90.8 cm³/mol. The number of carbonyl (C=O) groups is 1. The molecule has 1 aromatic rings. The topological polar surface area (TPSA) is 41.1 Å². The molecule has 0 saturated carbocycles. The highest BCUT2D eigenvalue weighted by molar-refractivity contribution is 8.00. The van der Waals surface area contributed by atoms with Crippen LogP contribution in [0, 0.1) is 0 Å². The van der Waals surface area contributed by atoms with Crippen LogP contribution in [0.5, 0.6) is 0 Å². The highest BCUT2D eigenvalue weighted by Gasteiger charge is 2.21. The van der Waals surface area contributed by atoms with Crippen molar-refractivity contribution in [2.75, 3.05) is 25.4 Å². The molecule has 1 aliphatic heterocycles. The Morgan fingerprint density at radius 2 is 1.95 bits per heavy atom. The molecular weight excluding hydrogens is 280 g/mol. The average Bonchev–Trinajstić information content (AvgIpc) is 2.53. The summed E-state index contributed by atoms with van der Waals surface area (Å²) in [6, 6.07) is 10.4. The number of nitrogens with one attached hydrogen (secondary N) is 2. The zero-order valence-electron chi connectivity index (χ0n) is 13.0. The standard InChI is InChI=1S/C17H26N2OS/c1-17(2,14-6-4-3-5-7-14)13-19-16(20)12-21-15-8-10-18-11-9-15/h3-7,15,18H,8-13H2,1-2H3,(H,19,20). The third-order valence-corrected chi connectivity index (χ3v) is 5.39. The number of piperidine rings is 1. The maximum Gasteiger partial charge on any atom is 0.230 e. The number of hydrogen-bond donors (Lipinski definition) is 2. The van der Waals surface area contributed by atoms with Crippen LogP contribution in [0.25, 0.3) is 0 Å². The molecule has 3 nitrogen and oxygen atoms in total. The maximum atomic E-state index is 12.0. The lowest BCUT2D eigenvalue weighted by Gasteiger charge is -2.26. The number of carbonyl (C=O) groups excluding carboxylic acids is 1. The normalized spacial score (nSPS) is 16.7. The summed E-state index contributed by atoms with van der Waals surface area (Å²) in [6.45, 7) is 7.19. The summed E-state index contributed by atoms with van der Waals surface area (Å²) in [4.78, 5) is 12.0. The van der Waals surface area contributed by atoms with Gasteiger partial charge in [0, 0.05) is 17.2 Å². The summed E-state index contributed by atoms with van der Waals surface area (Å²) in [6.07, 6.45) is 2.35. The van der Waals surface area contributed by atoms with Gasteiger partial charge in [-0.1, -0.05) is 44.2 Å². The van der Waals surface area contributed by atoms with E-state index in [4.69, 9.17) is 0 Å². The van der Waals surface area contributed by atoms with Gasteiger partial charge in [0.05, 0.1) is 5.75 Å².